The monoisotopic (exact) mass is 461 g/mol. The largest absolute Gasteiger partial charge is 0.355 e. The van der Waals surface area contributed by atoms with Crippen LogP contribution in [0.4, 0.5) is 11.4 Å². The van der Waals surface area contributed by atoms with E-state index >= 15 is 0 Å². The van der Waals surface area contributed by atoms with Crippen molar-refractivity contribution in [3.05, 3.63) is 84.9 Å². The molecule has 0 saturated heterocycles. The Bertz CT molecular complexity index is 1250. The quantitative estimate of drug-likeness (QED) is 0.369. The third-order valence-electron chi connectivity index (χ3n) is 3.85. The van der Waals surface area contributed by atoms with Gasteiger partial charge in [-0.15, -0.1) is 0 Å². The molecule has 0 heterocycles. The summed E-state index contributed by atoms with van der Waals surface area (Å²) in [5.74, 6) is 0. The van der Waals surface area contributed by atoms with Crippen molar-refractivity contribution < 1.29 is 25.9 Å². The first-order valence-electron chi connectivity index (χ1n) is 8.99. The Morgan fingerprint density at radius 3 is 1.19 bits per heavy atom. The molecule has 0 saturated carbocycles. The standard InChI is InChI=1S/C20H15N.2CH4O3S/c1-3-11-17-15(7-1)9-5-13-19(17)21-20-14-6-10-16-8-2-4-12-18(16)20;2*1-5(2,3)4/h1-14,21H;2*1H3,(H,2,3,4). The first kappa shape index (κ1) is 24.3. The average molecular weight is 462 g/mol. The second-order valence-electron chi connectivity index (χ2n) is 6.64. The maximum Gasteiger partial charge on any atom is 0.261 e. The van der Waals surface area contributed by atoms with E-state index in [0.717, 1.165) is 11.4 Å². The molecule has 0 atom stereocenters. The molecule has 4 aromatic rings. The Balaban J connectivity index is 0.000000289. The fourth-order valence-corrected chi connectivity index (χ4v) is 2.81. The fraction of sp³-hybridized carbons (Fsp3) is 0.0909. The second-order valence-corrected chi connectivity index (χ2v) is 9.58. The van der Waals surface area contributed by atoms with Crippen molar-refractivity contribution in [2.24, 2.45) is 0 Å². The maximum atomic E-state index is 9.19. The van der Waals surface area contributed by atoms with Gasteiger partial charge in [0.15, 0.2) is 0 Å². The summed E-state index contributed by atoms with van der Waals surface area (Å²) in [6, 6.07) is 29.6. The lowest BCUT2D eigenvalue weighted by atomic mass is 10.1. The molecule has 3 N–H and O–H groups in total. The van der Waals surface area contributed by atoms with Gasteiger partial charge in [-0.2, -0.15) is 16.8 Å². The zero-order valence-electron chi connectivity index (χ0n) is 16.9. The number of anilines is 2. The predicted octanol–water partition coefficient (Wildman–Crippen LogP) is 4.74. The van der Waals surface area contributed by atoms with Gasteiger partial charge < -0.3 is 5.32 Å². The fourth-order valence-electron chi connectivity index (χ4n) is 2.81. The minimum absolute atomic E-state index is 0.715. The molecule has 0 aliphatic carbocycles. The van der Waals surface area contributed by atoms with Crippen LogP contribution in [0, 0.1) is 0 Å². The summed E-state index contributed by atoms with van der Waals surface area (Å²) in [6.45, 7) is 0. The predicted molar refractivity (Wildman–Crippen MR) is 126 cm³/mol. The molecule has 7 nitrogen and oxygen atoms in total. The smallest absolute Gasteiger partial charge is 0.261 e. The Kier molecular flexibility index (Phi) is 8.12. The molecular weight excluding hydrogens is 438 g/mol. The molecule has 9 heteroatoms. The summed E-state index contributed by atoms with van der Waals surface area (Å²) in [6.07, 6.45) is 1.43. The average Bonchev–Trinajstić information content (AvgIpc) is 2.66. The molecule has 4 rings (SSSR count). The summed E-state index contributed by atoms with van der Waals surface area (Å²) >= 11 is 0. The minimum atomic E-state index is -3.67. The van der Waals surface area contributed by atoms with Crippen LogP contribution >= 0.6 is 0 Å². The van der Waals surface area contributed by atoms with E-state index in [2.05, 4.69) is 90.2 Å². The number of hydrogen-bond acceptors (Lipinski definition) is 5. The van der Waals surface area contributed by atoms with E-state index < -0.39 is 20.2 Å². The van der Waals surface area contributed by atoms with Crippen LogP contribution in [0.5, 0.6) is 0 Å². The third kappa shape index (κ3) is 9.14. The zero-order valence-corrected chi connectivity index (χ0v) is 18.6. The molecule has 4 aromatic carbocycles. The summed E-state index contributed by atoms with van der Waals surface area (Å²) in [5, 5.41) is 8.58. The SMILES string of the molecule is CS(=O)(=O)O.CS(=O)(=O)O.c1ccc2c(Nc3cccc4ccccc34)cccc2c1. The Hall–Kier alpha value is -2.98. The van der Waals surface area contributed by atoms with E-state index in [1.54, 1.807) is 0 Å². The number of nitrogens with one attached hydrogen (secondary N) is 1. The summed E-state index contributed by atoms with van der Waals surface area (Å²) in [7, 11) is -7.33. The van der Waals surface area contributed by atoms with E-state index in [-0.39, 0.29) is 0 Å². The molecule has 31 heavy (non-hydrogen) atoms. The molecule has 0 unspecified atom stereocenters. The molecule has 0 amide bonds. The third-order valence-corrected chi connectivity index (χ3v) is 3.85. The molecular formula is C22H23NO6S2. The van der Waals surface area contributed by atoms with Gasteiger partial charge in [-0.1, -0.05) is 72.8 Å². The number of hydrogen-bond donors (Lipinski definition) is 3. The van der Waals surface area contributed by atoms with Gasteiger partial charge in [-0.3, -0.25) is 9.11 Å². The van der Waals surface area contributed by atoms with Gasteiger partial charge >= 0.3 is 0 Å². The molecule has 0 aliphatic heterocycles. The van der Waals surface area contributed by atoms with Crippen molar-refractivity contribution in [1.82, 2.24) is 0 Å². The molecule has 0 spiro atoms. The van der Waals surface area contributed by atoms with Crippen molar-refractivity contribution >= 4 is 53.2 Å². The van der Waals surface area contributed by atoms with Crippen LogP contribution in [0.3, 0.4) is 0 Å². The highest BCUT2D eigenvalue weighted by Gasteiger charge is 2.03. The van der Waals surface area contributed by atoms with Crippen LogP contribution in [0.25, 0.3) is 21.5 Å². The molecule has 0 radical (unpaired) electrons. The second kappa shape index (κ2) is 10.4. The summed E-state index contributed by atoms with van der Waals surface area (Å²) < 4.78 is 51.7. The lowest BCUT2D eigenvalue weighted by Gasteiger charge is -2.12. The number of rotatable bonds is 2. The van der Waals surface area contributed by atoms with Crippen molar-refractivity contribution in [2.45, 2.75) is 0 Å². The summed E-state index contributed by atoms with van der Waals surface area (Å²) in [5.41, 5.74) is 2.29. The Morgan fingerprint density at radius 1 is 0.548 bits per heavy atom. The van der Waals surface area contributed by atoms with Crippen LogP contribution in [0.2, 0.25) is 0 Å². The molecule has 0 aromatic heterocycles. The molecule has 0 bridgehead atoms. The maximum absolute atomic E-state index is 9.19. The molecule has 0 aliphatic rings. The van der Waals surface area contributed by atoms with Gasteiger partial charge in [0, 0.05) is 22.1 Å². The van der Waals surface area contributed by atoms with E-state index in [1.165, 1.54) is 21.5 Å². The van der Waals surface area contributed by atoms with Gasteiger partial charge in [0.25, 0.3) is 20.2 Å². The number of fused-ring (bicyclic) bond motifs is 2. The van der Waals surface area contributed by atoms with Crippen molar-refractivity contribution in [3.8, 4) is 0 Å². The topological polar surface area (TPSA) is 121 Å². The zero-order chi connectivity index (χ0) is 23.1. The van der Waals surface area contributed by atoms with Gasteiger partial charge in [0.05, 0.1) is 12.5 Å². The van der Waals surface area contributed by atoms with Crippen LogP contribution in [0.1, 0.15) is 0 Å². The van der Waals surface area contributed by atoms with Crippen LogP contribution in [-0.4, -0.2) is 38.5 Å². The van der Waals surface area contributed by atoms with Gasteiger partial charge in [0.1, 0.15) is 0 Å². The lowest BCUT2D eigenvalue weighted by Crippen LogP contribution is -1.92. The Labute approximate surface area is 181 Å². The molecule has 164 valence electrons. The van der Waals surface area contributed by atoms with Gasteiger partial charge in [-0.25, -0.2) is 0 Å². The van der Waals surface area contributed by atoms with E-state index in [4.69, 9.17) is 9.11 Å². The summed E-state index contributed by atoms with van der Waals surface area (Å²) in [4.78, 5) is 0. The van der Waals surface area contributed by atoms with Crippen LogP contribution in [0.15, 0.2) is 84.9 Å². The highest BCUT2D eigenvalue weighted by Crippen LogP contribution is 2.30. The Morgan fingerprint density at radius 2 is 0.839 bits per heavy atom. The van der Waals surface area contributed by atoms with Gasteiger partial charge in [-0.05, 0) is 22.9 Å². The van der Waals surface area contributed by atoms with E-state index in [9.17, 15) is 16.8 Å². The highest BCUT2D eigenvalue weighted by atomic mass is 32.2. The minimum Gasteiger partial charge on any atom is -0.355 e. The van der Waals surface area contributed by atoms with E-state index in [0.29, 0.717) is 12.5 Å². The van der Waals surface area contributed by atoms with Crippen molar-refractivity contribution in [1.29, 1.82) is 0 Å². The first-order chi connectivity index (χ1) is 14.4. The number of benzene rings is 4. The van der Waals surface area contributed by atoms with E-state index in [1.807, 2.05) is 0 Å². The normalized spacial score (nSPS) is 11.1. The van der Waals surface area contributed by atoms with Crippen molar-refractivity contribution in [2.75, 3.05) is 17.8 Å². The lowest BCUT2D eigenvalue weighted by molar-refractivity contribution is 0.488. The van der Waals surface area contributed by atoms with Crippen LogP contribution in [-0.2, 0) is 20.2 Å². The van der Waals surface area contributed by atoms with Gasteiger partial charge in [0.2, 0.25) is 0 Å². The van der Waals surface area contributed by atoms with Crippen LogP contribution < -0.4 is 5.32 Å². The highest BCUT2D eigenvalue weighted by molar-refractivity contribution is 7.85. The first-order valence-corrected chi connectivity index (χ1v) is 12.7. The van der Waals surface area contributed by atoms with Crippen molar-refractivity contribution in [3.63, 3.8) is 0 Å². The molecule has 0 fully saturated rings.